The number of carbonyl (C=O) groups is 1. The van der Waals surface area contributed by atoms with E-state index in [9.17, 15) is 13.2 Å². The van der Waals surface area contributed by atoms with Crippen LogP contribution >= 0.6 is 11.3 Å². The van der Waals surface area contributed by atoms with E-state index in [2.05, 4.69) is 20.3 Å². The van der Waals surface area contributed by atoms with Crippen molar-refractivity contribution in [3.05, 3.63) is 66.6 Å². The van der Waals surface area contributed by atoms with Crippen LogP contribution in [-0.4, -0.2) is 46.7 Å². The Morgan fingerprint density at radius 3 is 2.44 bits per heavy atom. The summed E-state index contributed by atoms with van der Waals surface area (Å²) in [6.45, 7) is 1.09. The first-order valence-corrected chi connectivity index (χ1v) is 12.4. The van der Waals surface area contributed by atoms with Gasteiger partial charge in [-0.25, -0.2) is 23.4 Å². The highest BCUT2D eigenvalue weighted by molar-refractivity contribution is 7.89. The Kier molecular flexibility index (Phi) is 5.41. The van der Waals surface area contributed by atoms with Crippen molar-refractivity contribution in [3.8, 4) is 10.7 Å². The molecule has 0 radical (unpaired) electrons. The second kappa shape index (κ2) is 8.38. The number of nitrogens with zero attached hydrogens (tertiary/aromatic N) is 4. The fourth-order valence-electron chi connectivity index (χ4n) is 3.61. The van der Waals surface area contributed by atoms with E-state index >= 15 is 0 Å². The first kappa shape index (κ1) is 20.7. The number of anilines is 1. The number of hydrogen-bond donors (Lipinski definition) is 1. The quantitative estimate of drug-likeness (QED) is 0.481. The van der Waals surface area contributed by atoms with Crippen LogP contribution in [0.2, 0.25) is 0 Å². The Balaban J connectivity index is 1.39. The van der Waals surface area contributed by atoms with Gasteiger partial charge in [-0.1, -0.05) is 12.1 Å². The number of thiazole rings is 1. The number of amides is 1. The number of aromatic nitrogens is 3. The molecule has 162 valence electrons. The summed E-state index contributed by atoms with van der Waals surface area (Å²) >= 11 is 1.44. The number of fused-ring (bicyclic) bond motifs is 1. The topological polar surface area (TPSA) is 105 Å². The molecule has 0 saturated carbocycles. The average molecular weight is 466 g/mol. The van der Waals surface area contributed by atoms with Gasteiger partial charge >= 0.3 is 0 Å². The lowest BCUT2D eigenvalue weighted by atomic mass is 10.2. The maximum absolute atomic E-state index is 13.0. The van der Waals surface area contributed by atoms with Gasteiger partial charge in [0, 0.05) is 31.2 Å². The fourth-order valence-corrected chi connectivity index (χ4v) is 6.09. The van der Waals surface area contributed by atoms with Gasteiger partial charge in [-0.3, -0.25) is 4.79 Å². The van der Waals surface area contributed by atoms with Crippen LogP contribution in [0.25, 0.3) is 20.9 Å². The third kappa shape index (κ3) is 3.88. The normalized spacial score (nSPS) is 14.6. The molecule has 1 N–H and O–H groups in total. The number of sulfonamides is 1. The molecule has 1 amide bonds. The molecule has 4 aromatic rings. The van der Waals surface area contributed by atoms with Crippen molar-refractivity contribution in [2.45, 2.75) is 17.7 Å². The van der Waals surface area contributed by atoms with Gasteiger partial charge in [0.2, 0.25) is 10.0 Å². The van der Waals surface area contributed by atoms with Crippen molar-refractivity contribution < 1.29 is 13.2 Å². The zero-order chi connectivity index (χ0) is 22.1. The molecule has 10 heteroatoms. The highest BCUT2D eigenvalue weighted by atomic mass is 32.2. The van der Waals surface area contributed by atoms with Crippen LogP contribution in [0.5, 0.6) is 0 Å². The van der Waals surface area contributed by atoms with Crippen molar-refractivity contribution in [1.29, 1.82) is 0 Å². The van der Waals surface area contributed by atoms with Crippen molar-refractivity contribution in [2.24, 2.45) is 0 Å². The molecular weight excluding hydrogens is 446 g/mol. The minimum absolute atomic E-state index is 0.153. The molecule has 0 unspecified atom stereocenters. The maximum Gasteiger partial charge on any atom is 0.276 e. The molecule has 1 aliphatic heterocycles. The lowest BCUT2D eigenvalue weighted by Gasteiger charge is -2.15. The van der Waals surface area contributed by atoms with E-state index in [0.29, 0.717) is 29.5 Å². The average Bonchev–Trinajstić information content (AvgIpc) is 3.50. The molecule has 2 aromatic heterocycles. The van der Waals surface area contributed by atoms with Gasteiger partial charge in [0.15, 0.2) is 5.69 Å². The summed E-state index contributed by atoms with van der Waals surface area (Å²) in [5, 5.41) is 3.39. The number of hydrogen-bond acceptors (Lipinski definition) is 7. The minimum Gasteiger partial charge on any atom is -0.321 e. The third-order valence-corrected chi connectivity index (χ3v) is 8.18. The number of benzene rings is 2. The molecule has 2 aromatic carbocycles. The second-order valence-electron chi connectivity index (χ2n) is 7.33. The van der Waals surface area contributed by atoms with Crippen LogP contribution in [-0.2, 0) is 10.0 Å². The van der Waals surface area contributed by atoms with E-state index < -0.39 is 15.9 Å². The highest BCUT2D eigenvalue weighted by Gasteiger charge is 2.27. The largest absolute Gasteiger partial charge is 0.321 e. The Labute approximate surface area is 189 Å². The molecule has 5 rings (SSSR count). The summed E-state index contributed by atoms with van der Waals surface area (Å²) in [4.78, 5) is 26.3. The zero-order valence-electron chi connectivity index (χ0n) is 16.9. The molecule has 0 aliphatic carbocycles. The standard InChI is InChI=1S/C22H19N5O3S2/c28-21(25-15-7-9-16(10-8-15)32(29,30)27-13-3-4-14-27)19-20(24-12-11-23-19)22-26-17-5-1-2-6-18(17)31-22/h1-2,5-12H,3-4,13-14H2,(H,25,28). The Morgan fingerprint density at radius 2 is 1.69 bits per heavy atom. The summed E-state index contributed by atoms with van der Waals surface area (Å²) in [6.07, 6.45) is 4.73. The van der Waals surface area contributed by atoms with Crippen LogP contribution in [0.1, 0.15) is 23.3 Å². The van der Waals surface area contributed by atoms with Crippen molar-refractivity contribution in [2.75, 3.05) is 18.4 Å². The second-order valence-corrected chi connectivity index (χ2v) is 10.3. The smallest absolute Gasteiger partial charge is 0.276 e. The van der Waals surface area contributed by atoms with Crippen LogP contribution in [0.3, 0.4) is 0 Å². The number of rotatable bonds is 5. The van der Waals surface area contributed by atoms with Crippen molar-refractivity contribution in [3.63, 3.8) is 0 Å². The van der Waals surface area contributed by atoms with Crippen molar-refractivity contribution >= 4 is 43.2 Å². The van der Waals surface area contributed by atoms with E-state index in [0.717, 1.165) is 23.1 Å². The summed E-state index contributed by atoms with van der Waals surface area (Å²) in [6, 6.07) is 13.9. The summed E-state index contributed by atoms with van der Waals surface area (Å²) < 4.78 is 27.8. The van der Waals surface area contributed by atoms with E-state index in [-0.39, 0.29) is 10.6 Å². The monoisotopic (exact) mass is 465 g/mol. The van der Waals surface area contributed by atoms with Crippen LogP contribution in [0.4, 0.5) is 5.69 Å². The summed E-state index contributed by atoms with van der Waals surface area (Å²) in [7, 11) is -3.50. The SMILES string of the molecule is O=C(Nc1ccc(S(=O)(=O)N2CCCC2)cc1)c1nccnc1-c1nc2ccccc2s1. The molecule has 1 saturated heterocycles. The minimum atomic E-state index is -3.50. The predicted molar refractivity (Wildman–Crippen MR) is 123 cm³/mol. The Hall–Kier alpha value is -3.21. The molecule has 0 spiro atoms. The summed E-state index contributed by atoms with van der Waals surface area (Å²) in [5.41, 5.74) is 1.86. The van der Waals surface area contributed by atoms with E-state index in [1.165, 1.54) is 40.2 Å². The van der Waals surface area contributed by atoms with Gasteiger partial charge in [-0.2, -0.15) is 4.31 Å². The van der Waals surface area contributed by atoms with Crippen LogP contribution in [0, 0.1) is 0 Å². The first-order chi connectivity index (χ1) is 15.5. The molecule has 32 heavy (non-hydrogen) atoms. The van der Waals surface area contributed by atoms with Gasteiger partial charge in [-0.15, -0.1) is 11.3 Å². The molecular formula is C22H19N5O3S2. The van der Waals surface area contributed by atoms with Gasteiger partial charge in [0.25, 0.3) is 5.91 Å². The van der Waals surface area contributed by atoms with Gasteiger partial charge in [0.1, 0.15) is 10.7 Å². The van der Waals surface area contributed by atoms with E-state index in [1.807, 2.05) is 24.3 Å². The van der Waals surface area contributed by atoms with Crippen molar-refractivity contribution in [1.82, 2.24) is 19.3 Å². The number of para-hydroxylation sites is 1. The van der Waals surface area contributed by atoms with Gasteiger partial charge < -0.3 is 5.32 Å². The molecule has 1 aliphatic rings. The lowest BCUT2D eigenvalue weighted by Crippen LogP contribution is -2.27. The van der Waals surface area contributed by atoms with Crippen LogP contribution in [0.15, 0.2) is 65.8 Å². The molecule has 0 atom stereocenters. The van der Waals surface area contributed by atoms with E-state index in [1.54, 1.807) is 12.1 Å². The highest BCUT2D eigenvalue weighted by Crippen LogP contribution is 2.30. The molecule has 8 nitrogen and oxygen atoms in total. The maximum atomic E-state index is 13.0. The van der Waals surface area contributed by atoms with Gasteiger partial charge in [-0.05, 0) is 49.2 Å². The molecule has 0 bridgehead atoms. The molecule has 3 heterocycles. The Bertz CT molecular complexity index is 1360. The molecule has 1 fully saturated rings. The number of carbonyl (C=O) groups excluding carboxylic acids is 1. The lowest BCUT2D eigenvalue weighted by molar-refractivity contribution is 0.102. The van der Waals surface area contributed by atoms with Gasteiger partial charge in [0.05, 0.1) is 15.1 Å². The summed E-state index contributed by atoms with van der Waals surface area (Å²) in [5.74, 6) is -0.442. The third-order valence-electron chi connectivity index (χ3n) is 5.22. The number of nitrogens with one attached hydrogen (secondary N) is 1. The van der Waals surface area contributed by atoms with Crippen LogP contribution < -0.4 is 5.32 Å². The fraction of sp³-hybridized carbons (Fsp3) is 0.182. The predicted octanol–water partition coefficient (Wildman–Crippen LogP) is 3.79. The Morgan fingerprint density at radius 1 is 0.969 bits per heavy atom. The first-order valence-electron chi connectivity index (χ1n) is 10.1. The zero-order valence-corrected chi connectivity index (χ0v) is 18.6. The van der Waals surface area contributed by atoms with E-state index in [4.69, 9.17) is 0 Å².